The molecule has 0 saturated heterocycles. The maximum absolute atomic E-state index is 10.7. The maximum Gasteiger partial charge on any atom is 0.272 e. The summed E-state index contributed by atoms with van der Waals surface area (Å²) in [6, 6.07) is 7.29. The van der Waals surface area contributed by atoms with Crippen molar-refractivity contribution in [1.29, 1.82) is 0 Å². The van der Waals surface area contributed by atoms with Gasteiger partial charge in [0, 0.05) is 17.7 Å². The van der Waals surface area contributed by atoms with Crippen LogP contribution in [0.5, 0.6) is 0 Å². The highest BCUT2D eigenvalue weighted by atomic mass is 16.6. The van der Waals surface area contributed by atoms with Crippen LogP contribution in [0.2, 0.25) is 0 Å². The second kappa shape index (κ2) is 5.46. The van der Waals surface area contributed by atoms with Crippen LogP contribution < -0.4 is 5.32 Å². The SMILES string of the molecule is CC(C)NCCc1ccccc1[N+](=O)[O-]. The number of hydrogen-bond acceptors (Lipinski definition) is 3. The first-order valence-corrected chi connectivity index (χ1v) is 5.07. The molecule has 0 spiro atoms. The molecule has 0 saturated carbocycles. The molecule has 0 aromatic heterocycles. The quantitative estimate of drug-likeness (QED) is 0.595. The average molecular weight is 208 g/mol. The Kier molecular flexibility index (Phi) is 4.24. The smallest absolute Gasteiger partial charge is 0.272 e. The zero-order valence-electron chi connectivity index (χ0n) is 9.06. The second-order valence-corrected chi connectivity index (χ2v) is 3.74. The number of nitrogens with one attached hydrogen (secondary N) is 1. The Labute approximate surface area is 89.5 Å². The molecule has 1 N–H and O–H groups in total. The molecule has 1 aromatic carbocycles. The summed E-state index contributed by atoms with van der Waals surface area (Å²) < 4.78 is 0. The molecule has 0 aliphatic carbocycles. The van der Waals surface area contributed by atoms with E-state index in [0.29, 0.717) is 12.5 Å². The van der Waals surface area contributed by atoms with E-state index in [-0.39, 0.29) is 10.6 Å². The lowest BCUT2D eigenvalue weighted by Gasteiger charge is -2.07. The number of nitrogens with zero attached hydrogens (tertiary/aromatic N) is 1. The van der Waals surface area contributed by atoms with Crippen molar-refractivity contribution in [3.05, 3.63) is 39.9 Å². The Morgan fingerprint density at radius 2 is 2.07 bits per heavy atom. The first-order valence-electron chi connectivity index (χ1n) is 5.07. The van der Waals surface area contributed by atoms with Crippen molar-refractivity contribution in [1.82, 2.24) is 5.32 Å². The molecule has 0 aliphatic heterocycles. The van der Waals surface area contributed by atoms with Crippen LogP contribution in [0.4, 0.5) is 5.69 Å². The molecule has 0 atom stereocenters. The van der Waals surface area contributed by atoms with Gasteiger partial charge < -0.3 is 5.32 Å². The monoisotopic (exact) mass is 208 g/mol. The lowest BCUT2D eigenvalue weighted by atomic mass is 10.1. The zero-order chi connectivity index (χ0) is 11.3. The van der Waals surface area contributed by atoms with Crippen LogP contribution in [0.1, 0.15) is 19.4 Å². The number of nitro benzene ring substituents is 1. The average Bonchev–Trinajstić information content (AvgIpc) is 2.17. The van der Waals surface area contributed by atoms with Crippen molar-refractivity contribution in [2.75, 3.05) is 6.54 Å². The number of benzene rings is 1. The highest BCUT2D eigenvalue weighted by Crippen LogP contribution is 2.17. The van der Waals surface area contributed by atoms with Gasteiger partial charge in [-0.05, 0) is 13.0 Å². The lowest BCUT2D eigenvalue weighted by molar-refractivity contribution is -0.385. The van der Waals surface area contributed by atoms with Crippen molar-refractivity contribution in [3.8, 4) is 0 Å². The number of rotatable bonds is 5. The van der Waals surface area contributed by atoms with E-state index in [1.807, 2.05) is 6.07 Å². The second-order valence-electron chi connectivity index (χ2n) is 3.74. The van der Waals surface area contributed by atoms with Gasteiger partial charge in [-0.15, -0.1) is 0 Å². The largest absolute Gasteiger partial charge is 0.314 e. The normalized spacial score (nSPS) is 10.6. The van der Waals surface area contributed by atoms with E-state index in [2.05, 4.69) is 19.2 Å². The van der Waals surface area contributed by atoms with Crippen LogP contribution in [0.25, 0.3) is 0 Å². The standard InChI is InChI=1S/C11H16N2O2/c1-9(2)12-8-7-10-5-3-4-6-11(10)13(14)15/h3-6,9,12H,7-8H2,1-2H3. The number of hydrogen-bond donors (Lipinski definition) is 1. The number of para-hydroxylation sites is 1. The van der Waals surface area contributed by atoms with Crippen molar-refractivity contribution in [3.63, 3.8) is 0 Å². The maximum atomic E-state index is 10.7. The van der Waals surface area contributed by atoms with E-state index in [4.69, 9.17) is 0 Å². The fourth-order valence-corrected chi connectivity index (χ4v) is 1.40. The molecule has 0 aliphatic rings. The summed E-state index contributed by atoms with van der Waals surface area (Å²) in [5.74, 6) is 0. The van der Waals surface area contributed by atoms with E-state index in [1.54, 1.807) is 18.2 Å². The fraction of sp³-hybridized carbons (Fsp3) is 0.455. The molecule has 0 amide bonds. The summed E-state index contributed by atoms with van der Waals surface area (Å²) in [6.45, 7) is 4.88. The van der Waals surface area contributed by atoms with E-state index in [9.17, 15) is 10.1 Å². The summed E-state index contributed by atoms with van der Waals surface area (Å²) in [4.78, 5) is 10.4. The summed E-state index contributed by atoms with van der Waals surface area (Å²) in [5, 5.41) is 13.9. The molecule has 82 valence electrons. The predicted octanol–water partition coefficient (Wildman–Crippen LogP) is 2.14. The Morgan fingerprint density at radius 3 is 2.67 bits per heavy atom. The van der Waals surface area contributed by atoms with Crippen molar-refractivity contribution < 1.29 is 4.92 Å². The first-order chi connectivity index (χ1) is 7.11. The first kappa shape index (κ1) is 11.7. The highest BCUT2D eigenvalue weighted by Gasteiger charge is 2.11. The van der Waals surface area contributed by atoms with E-state index in [1.165, 1.54) is 0 Å². The van der Waals surface area contributed by atoms with E-state index in [0.717, 1.165) is 12.1 Å². The van der Waals surface area contributed by atoms with Crippen LogP contribution >= 0.6 is 0 Å². The molecular weight excluding hydrogens is 192 g/mol. The molecule has 4 nitrogen and oxygen atoms in total. The molecular formula is C11H16N2O2. The Balaban J connectivity index is 2.63. The van der Waals surface area contributed by atoms with Gasteiger partial charge in [-0.3, -0.25) is 10.1 Å². The minimum Gasteiger partial charge on any atom is -0.314 e. The van der Waals surface area contributed by atoms with Gasteiger partial charge in [-0.25, -0.2) is 0 Å². The molecule has 4 heteroatoms. The fourth-order valence-electron chi connectivity index (χ4n) is 1.40. The predicted molar refractivity (Wildman–Crippen MR) is 59.9 cm³/mol. The van der Waals surface area contributed by atoms with E-state index < -0.39 is 0 Å². The Hall–Kier alpha value is -1.42. The topological polar surface area (TPSA) is 55.2 Å². The molecule has 15 heavy (non-hydrogen) atoms. The van der Waals surface area contributed by atoms with Crippen molar-refractivity contribution in [2.45, 2.75) is 26.3 Å². The van der Waals surface area contributed by atoms with Gasteiger partial charge in [-0.2, -0.15) is 0 Å². The van der Waals surface area contributed by atoms with Crippen LogP contribution in [0.15, 0.2) is 24.3 Å². The third kappa shape index (κ3) is 3.67. The van der Waals surface area contributed by atoms with Crippen LogP contribution in [0.3, 0.4) is 0 Å². The van der Waals surface area contributed by atoms with Gasteiger partial charge in [-0.1, -0.05) is 32.0 Å². The van der Waals surface area contributed by atoms with Gasteiger partial charge in [0.2, 0.25) is 0 Å². The van der Waals surface area contributed by atoms with Gasteiger partial charge in [0.15, 0.2) is 0 Å². The van der Waals surface area contributed by atoms with Gasteiger partial charge >= 0.3 is 0 Å². The van der Waals surface area contributed by atoms with Gasteiger partial charge in [0.1, 0.15) is 0 Å². The minimum absolute atomic E-state index is 0.211. The van der Waals surface area contributed by atoms with Crippen LogP contribution in [-0.2, 0) is 6.42 Å². The molecule has 0 unspecified atom stereocenters. The summed E-state index contributed by atoms with van der Waals surface area (Å²) in [5.41, 5.74) is 0.999. The third-order valence-electron chi connectivity index (χ3n) is 2.14. The summed E-state index contributed by atoms with van der Waals surface area (Å²) >= 11 is 0. The van der Waals surface area contributed by atoms with Crippen molar-refractivity contribution in [2.24, 2.45) is 0 Å². The summed E-state index contributed by atoms with van der Waals surface area (Å²) in [6.07, 6.45) is 0.690. The minimum atomic E-state index is -0.329. The van der Waals surface area contributed by atoms with Gasteiger partial charge in [0.05, 0.1) is 4.92 Å². The molecule has 0 bridgehead atoms. The third-order valence-corrected chi connectivity index (χ3v) is 2.14. The lowest BCUT2D eigenvalue weighted by Crippen LogP contribution is -2.25. The molecule has 0 heterocycles. The van der Waals surface area contributed by atoms with Crippen LogP contribution in [0, 0.1) is 10.1 Å². The molecule has 1 aromatic rings. The Bertz CT molecular complexity index is 337. The summed E-state index contributed by atoms with van der Waals surface area (Å²) in [7, 11) is 0. The number of nitro groups is 1. The van der Waals surface area contributed by atoms with Crippen molar-refractivity contribution >= 4 is 5.69 Å². The highest BCUT2D eigenvalue weighted by molar-refractivity contribution is 5.39. The molecule has 1 rings (SSSR count). The molecule has 0 radical (unpaired) electrons. The zero-order valence-corrected chi connectivity index (χ0v) is 9.06. The van der Waals surface area contributed by atoms with Gasteiger partial charge in [0.25, 0.3) is 5.69 Å². The molecule has 0 fully saturated rings. The van der Waals surface area contributed by atoms with E-state index >= 15 is 0 Å². The Morgan fingerprint density at radius 1 is 1.40 bits per heavy atom. The van der Waals surface area contributed by atoms with Crippen LogP contribution in [-0.4, -0.2) is 17.5 Å².